The number of hydrogen-bond donors (Lipinski definition) is 1. The van der Waals surface area contributed by atoms with Gasteiger partial charge in [0.1, 0.15) is 0 Å². The first kappa shape index (κ1) is 12.0. The third-order valence-electron chi connectivity index (χ3n) is 2.48. The van der Waals surface area contributed by atoms with Crippen molar-refractivity contribution in [2.75, 3.05) is 26.2 Å². The molecule has 0 aromatic heterocycles. The van der Waals surface area contributed by atoms with Crippen LogP contribution in [0, 0.1) is 5.92 Å². The van der Waals surface area contributed by atoms with Gasteiger partial charge in [-0.05, 0) is 26.3 Å². The minimum atomic E-state index is -0.848. The molecular weight excluding hydrogens is 198 g/mol. The molecule has 0 unspecified atom stereocenters. The van der Waals surface area contributed by atoms with Crippen molar-refractivity contribution in [1.82, 2.24) is 4.90 Å². The molecule has 5 nitrogen and oxygen atoms in total. The molecule has 1 aliphatic rings. The summed E-state index contributed by atoms with van der Waals surface area (Å²) in [6, 6.07) is 0. The number of carboxylic acid groups (broad SMARTS) is 1. The molecule has 1 heterocycles. The van der Waals surface area contributed by atoms with E-state index < -0.39 is 5.97 Å². The minimum Gasteiger partial charge on any atom is -0.480 e. The molecule has 1 atom stereocenters. The van der Waals surface area contributed by atoms with E-state index in [0.29, 0.717) is 13.2 Å². The summed E-state index contributed by atoms with van der Waals surface area (Å²) < 4.78 is 4.92. The van der Waals surface area contributed by atoms with E-state index in [1.165, 1.54) is 0 Å². The number of ether oxygens (including phenoxy) is 1. The topological polar surface area (TPSA) is 66.8 Å². The van der Waals surface area contributed by atoms with E-state index in [0.717, 1.165) is 19.4 Å². The van der Waals surface area contributed by atoms with Gasteiger partial charge in [0.15, 0.2) is 0 Å². The van der Waals surface area contributed by atoms with E-state index in [9.17, 15) is 9.59 Å². The fourth-order valence-corrected chi connectivity index (χ4v) is 1.84. The number of piperidine rings is 1. The van der Waals surface area contributed by atoms with Crippen molar-refractivity contribution in [3.8, 4) is 0 Å². The maximum atomic E-state index is 11.4. The number of carbonyl (C=O) groups excluding carboxylic acids is 1. The zero-order valence-electron chi connectivity index (χ0n) is 8.94. The largest absolute Gasteiger partial charge is 0.480 e. The van der Waals surface area contributed by atoms with Gasteiger partial charge in [-0.3, -0.25) is 14.5 Å². The van der Waals surface area contributed by atoms with Crippen molar-refractivity contribution in [2.45, 2.75) is 19.8 Å². The number of carboxylic acids is 1. The van der Waals surface area contributed by atoms with Gasteiger partial charge in [0.2, 0.25) is 0 Å². The van der Waals surface area contributed by atoms with Crippen LogP contribution in [0.5, 0.6) is 0 Å². The summed E-state index contributed by atoms with van der Waals surface area (Å²) >= 11 is 0. The molecule has 0 bridgehead atoms. The van der Waals surface area contributed by atoms with E-state index in [2.05, 4.69) is 0 Å². The Balaban J connectivity index is 2.41. The van der Waals surface area contributed by atoms with E-state index in [4.69, 9.17) is 9.84 Å². The number of hydrogen-bond acceptors (Lipinski definition) is 4. The van der Waals surface area contributed by atoms with Gasteiger partial charge in [0, 0.05) is 6.54 Å². The van der Waals surface area contributed by atoms with Gasteiger partial charge in [-0.25, -0.2) is 0 Å². The summed E-state index contributed by atoms with van der Waals surface area (Å²) in [6.45, 7) is 3.42. The number of aliphatic carboxylic acids is 1. The van der Waals surface area contributed by atoms with Gasteiger partial charge in [-0.2, -0.15) is 0 Å². The van der Waals surface area contributed by atoms with Crippen molar-refractivity contribution < 1.29 is 19.4 Å². The first-order valence-electron chi connectivity index (χ1n) is 5.24. The van der Waals surface area contributed by atoms with Crippen molar-refractivity contribution in [3.05, 3.63) is 0 Å². The Morgan fingerprint density at radius 1 is 1.53 bits per heavy atom. The van der Waals surface area contributed by atoms with E-state index in [-0.39, 0.29) is 18.4 Å². The molecule has 1 aliphatic heterocycles. The van der Waals surface area contributed by atoms with Crippen LogP contribution in [-0.4, -0.2) is 48.2 Å². The van der Waals surface area contributed by atoms with Gasteiger partial charge in [0.05, 0.1) is 19.1 Å². The standard InChI is InChI=1S/C10H17NO4/c1-2-15-10(14)8-4-3-5-11(6-8)7-9(12)13/h8H,2-7H2,1H3,(H,12,13)/t8-/m1/s1. The summed E-state index contributed by atoms with van der Waals surface area (Å²) in [6.07, 6.45) is 1.66. The molecule has 1 saturated heterocycles. The van der Waals surface area contributed by atoms with Crippen molar-refractivity contribution in [2.24, 2.45) is 5.92 Å². The lowest BCUT2D eigenvalue weighted by molar-refractivity contribution is -0.151. The Kier molecular flexibility index (Phi) is 4.55. The lowest BCUT2D eigenvalue weighted by Gasteiger charge is -2.29. The Morgan fingerprint density at radius 2 is 2.27 bits per heavy atom. The van der Waals surface area contributed by atoms with Gasteiger partial charge >= 0.3 is 11.9 Å². The van der Waals surface area contributed by atoms with Gasteiger partial charge in [-0.1, -0.05) is 0 Å². The minimum absolute atomic E-state index is 0.00983. The maximum absolute atomic E-state index is 11.4. The Hall–Kier alpha value is -1.10. The molecule has 0 spiro atoms. The fraction of sp³-hybridized carbons (Fsp3) is 0.800. The number of nitrogens with zero attached hydrogens (tertiary/aromatic N) is 1. The van der Waals surface area contributed by atoms with Crippen LogP contribution >= 0.6 is 0 Å². The molecule has 1 rings (SSSR count). The summed E-state index contributed by atoms with van der Waals surface area (Å²) in [7, 11) is 0. The quantitative estimate of drug-likeness (QED) is 0.685. The predicted octanol–water partition coefficient (Wildman–Crippen LogP) is 0.346. The van der Waals surface area contributed by atoms with Gasteiger partial charge < -0.3 is 9.84 Å². The fourth-order valence-electron chi connectivity index (χ4n) is 1.84. The van der Waals surface area contributed by atoms with E-state index in [1.54, 1.807) is 11.8 Å². The van der Waals surface area contributed by atoms with Crippen LogP contribution in [0.3, 0.4) is 0 Å². The van der Waals surface area contributed by atoms with Crippen LogP contribution < -0.4 is 0 Å². The molecule has 1 fully saturated rings. The van der Waals surface area contributed by atoms with Crippen molar-refractivity contribution in [1.29, 1.82) is 0 Å². The first-order valence-corrected chi connectivity index (χ1v) is 5.24. The average molecular weight is 215 g/mol. The van der Waals surface area contributed by atoms with Crippen LogP contribution in [0.15, 0.2) is 0 Å². The van der Waals surface area contributed by atoms with Crippen molar-refractivity contribution in [3.63, 3.8) is 0 Å². The summed E-state index contributed by atoms with van der Waals surface area (Å²) in [5.74, 6) is -1.20. The number of rotatable bonds is 4. The normalized spacial score (nSPS) is 22.3. The predicted molar refractivity (Wildman–Crippen MR) is 53.4 cm³/mol. The zero-order valence-corrected chi connectivity index (χ0v) is 8.94. The molecular formula is C10H17NO4. The molecule has 0 aromatic rings. The molecule has 1 N–H and O–H groups in total. The highest BCUT2D eigenvalue weighted by atomic mass is 16.5. The molecule has 0 saturated carbocycles. The number of likely N-dealkylation sites (tertiary alicyclic amines) is 1. The average Bonchev–Trinajstić information content (AvgIpc) is 2.17. The summed E-state index contributed by atoms with van der Waals surface area (Å²) in [5, 5.41) is 8.64. The molecule has 0 aliphatic carbocycles. The molecule has 86 valence electrons. The molecule has 15 heavy (non-hydrogen) atoms. The monoisotopic (exact) mass is 215 g/mol. The van der Waals surface area contributed by atoms with Crippen LogP contribution in [0.4, 0.5) is 0 Å². The van der Waals surface area contributed by atoms with E-state index in [1.807, 2.05) is 0 Å². The number of carbonyl (C=O) groups is 2. The van der Waals surface area contributed by atoms with E-state index >= 15 is 0 Å². The lowest BCUT2D eigenvalue weighted by atomic mass is 9.98. The zero-order chi connectivity index (χ0) is 11.3. The molecule has 0 radical (unpaired) electrons. The first-order chi connectivity index (χ1) is 7.13. The van der Waals surface area contributed by atoms with Crippen LogP contribution in [0.2, 0.25) is 0 Å². The Labute approximate surface area is 89.0 Å². The maximum Gasteiger partial charge on any atom is 0.317 e. The molecule has 0 aromatic carbocycles. The Morgan fingerprint density at radius 3 is 2.87 bits per heavy atom. The third-order valence-corrected chi connectivity index (χ3v) is 2.48. The highest BCUT2D eigenvalue weighted by molar-refractivity contribution is 5.73. The van der Waals surface area contributed by atoms with Crippen LogP contribution in [-0.2, 0) is 14.3 Å². The third kappa shape index (κ3) is 3.87. The highest BCUT2D eigenvalue weighted by Gasteiger charge is 2.27. The highest BCUT2D eigenvalue weighted by Crippen LogP contribution is 2.17. The number of esters is 1. The smallest absolute Gasteiger partial charge is 0.317 e. The van der Waals surface area contributed by atoms with Gasteiger partial charge in [0.25, 0.3) is 0 Å². The second-order valence-electron chi connectivity index (χ2n) is 3.72. The summed E-state index contributed by atoms with van der Waals surface area (Å²) in [5.41, 5.74) is 0. The van der Waals surface area contributed by atoms with Gasteiger partial charge in [-0.15, -0.1) is 0 Å². The van der Waals surface area contributed by atoms with Crippen LogP contribution in [0.25, 0.3) is 0 Å². The van der Waals surface area contributed by atoms with Crippen LogP contribution in [0.1, 0.15) is 19.8 Å². The SMILES string of the molecule is CCOC(=O)[C@@H]1CCCN(CC(=O)O)C1. The Bertz CT molecular complexity index is 242. The lowest BCUT2D eigenvalue weighted by Crippen LogP contribution is -2.41. The van der Waals surface area contributed by atoms with Crippen molar-refractivity contribution >= 4 is 11.9 Å². The molecule has 5 heteroatoms. The second kappa shape index (κ2) is 5.70. The molecule has 0 amide bonds. The summed E-state index contributed by atoms with van der Waals surface area (Å²) in [4.78, 5) is 23.7. The second-order valence-corrected chi connectivity index (χ2v) is 3.72.